The first-order valence-electron chi connectivity index (χ1n) is 6.47. The lowest BCUT2D eigenvalue weighted by Crippen LogP contribution is -2.45. The number of rotatable bonds is 4. The van der Waals surface area contributed by atoms with Crippen LogP contribution in [0.3, 0.4) is 0 Å². The molecule has 0 spiro atoms. The lowest BCUT2D eigenvalue weighted by Gasteiger charge is -2.34. The van der Waals surface area contributed by atoms with Crippen molar-refractivity contribution in [2.75, 3.05) is 5.75 Å². The summed E-state index contributed by atoms with van der Waals surface area (Å²) in [6.07, 6.45) is -5.04. The second kappa shape index (κ2) is 5.79. The maximum atomic E-state index is 12.6. The van der Waals surface area contributed by atoms with Gasteiger partial charge in [-0.3, -0.25) is 0 Å². The summed E-state index contributed by atoms with van der Waals surface area (Å²) in [5.41, 5.74) is -1.01. The zero-order valence-electron chi connectivity index (χ0n) is 11.3. The molecular weight excluding hydrogens is 323 g/mol. The molecule has 9 heteroatoms. The molecule has 0 aromatic heterocycles. The van der Waals surface area contributed by atoms with Gasteiger partial charge >= 0.3 is 12.3 Å². The largest absolute Gasteiger partial charge is 0.465 e. The number of hydrogen-bond donors (Lipinski definition) is 2. The van der Waals surface area contributed by atoms with Gasteiger partial charge < -0.3 is 10.4 Å². The number of amides is 1. The third kappa shape index (κ3) is 3.90. The fourth-order valence-electron chi connectivity index (χ4n) is 2.44. The lowest BCUT2D eigenvalue weighted by atomic mass is 9.82. The molecule has 22 heavy (non-hydrogen) atoms. The average molecular weight is 337 g/mol. The van der Waals surface area contributed by atoms with Crippen LogP contribution in [-0.4, -0.2) is 31.4 Å². The second-order valence-corrected chi connectivity index (χ2v) is 7.33. The molecule has 1 aliphatic rings. The van der Waals surface area contributed by atoms with E-state index < -0.39 is 27.7 Å². The fourth-order valence-corrected chi connectivity index (χ4v) is 4.11. The maximum absolute atomic E-state index is 12.6. The van der Waals surface area contributed by atoms with Gasteiger partial charge in [0.15, 0.2) is 9.84 Å². The van der Waals surface area contributed by atoms with E-state index in [1.54, 1.807) is 0 Å². The summed E-state index contributed by atoms with van der Waals surface area (Å²) < 4.78 is 62.1. The zero-order chi connectivity index (χ0) is 16.5. The van der Waals surface area contributed by atoms with E-state index >= 15 is 0 Å². The van der Waals surface area contributed by atoms with Crippen LogP contribution < -0.4 is 5.32 Å². The van der Waals surface area contributed by atoms with Crippen LogP contribution in [0.4, 0.5) is 18.0 Å². The molecular formula is C13H14F3NO4S. The number of halogens is 3. The first-order valence-corrected chi connectivity index (χ1v) is 8.12. The summed E-state index contributed by atoms with van der Waals surface area (Å²) in [5, 5.41) is 10.8. The van der Waals surface area contributed by atoms with Crippen molar-refractivity contribution in [1.29, 1.82) is 0 Å². The Balaban J connectivity index is 2.04. The Morgan fingerprint density at radius 2 is 1.95 bits per heavy atom. The van der Waals surface area contributed by atoms with Gasteiger partial charge in [-0.15, -0.1) is 0 Å². The maximum Gasteiger partial charge on any atom is 0.416 e. The number of benzene rings is 1. The molecule has 0 heterocycles. The van der Waals surface area contributed by atoms with E-state index in [-0.39, 0.29) is 22.6 Å². The monoisotopic (exact) mass is 337 g/mol. The minimum Gasteiger partial charge on any atom is -0.465 e. The van der Waals surface area contributed by atoms with Gasteiger partial charge in [-0.2, -0.15) is 13.2 Å². The summed E-state index contributed by atoms with van der Waals surface area (Å²) in [7, 11) is -3.83. The van der Waals surface area contributed by atoms with Crippen molar-refractivity contribution in [1.82, 2.24) is 5.32 Å². The van der Waals surface area contributed by atoms with Crippen molar-refractivity contribution in [3.05, 3.63) is 29.8 Å². The van der Waals surface area contributed by atoms with Gasteiger partial charge in [0.1, 0.15) is 0 Å². The molecule has 122 valence electrons. The third-order valence-corrected chi connectivity index (χ3v) is 5.42. The summed E-state index contributed by atoms with van der Waals surface area (Å²) >= 11 is 0. The van der Waals surface area contributed by atoms with Gasteiger partial charge in [0, 0.05) is 6.04 Å². The molecule has 0 saturated heterocycles. The van der Waals surface area contributed by atoms with Gasteiger partial charge in [0.25, 0.3) is 0 Å². The number of nitrogens with one attached hydrogen (secondary N) is 1. The summed E-state index contributed by atoms with van der Waals surface area (Å²) in [5.74, 6) is -0.539. The van der Waals surface area contributed by atoms with Crippen molar-refractivity contribution >= 4 is 15.9 Å². The number of sulfone groups is 1. The fraction of sp³-hybridized carbons (Fsp3) is 0.462. The van der Waals surface area contributed by atoms with E-state index in [4.69, 9.17) is 5.11 Å². The normalized spacial score (nSPS) is 22.0. The molecule has 0 bridgehead atoms. The SMILES string of the molecule is O=C(O)N[C@H]1C[C@H](CS(=O)(=O)c2cccc(C(F)(F)F)c2)C1. The van der Waals surface area contributed by atoms with Gasteiger partial charge in [-0.05, 0) is 37.0 Å². The van der Waals surface area contributed by atoms with Crippen molar-refractivity contribution in [3.8, 4) is 0 Å². The van der Waals surface area contributed by atoms with Crippen LogP contribution in [0.15, 0.2) is 29.2 Å². The molecule has 2 N–H and O–H groups in total. The van der Waals surface area contributed by atoms with E-state index in [1.165, 1.54) is 0 Å². The van der Waals surface area contributed by atoms with E-state index in [2.05, 4.69) is 5.32 Å². The molecule has 1 aromatic carbocycles. The highest BCUT2D eigenvalue weighted by Crippen LogP contribution is 2.33. The smallest absolute Gasteiger partial charge is 0.416 e. The minimum atomic E-state index is -4.60. The van der Waals surface area contributed by atoms with E-state index in [0.29, 0.717) is 18.9 Å². The highest BCUT2D eigenvalue weighted by Gasteiger charge is 2.35. The van der Waals surface area contributed by atoms with Crippen LogP contribution in [0.2, 0.25) is 0 Å². The minimum absolute atomic E-state index is 0.253. The van der Waals surface area contributed by atoms with Crippen LogP contribution in [0.5, 0.6) is 0 Å². The van der Waals surface area contributed by atoms with Crippen molar-refractivity contribution < 1.29 is 31.5 Å². The Morgan fingerprint density at radius 3 is 2.50 bits per heavy atom. The van der Waals surface area contributed by atoms with Crippen LogP contribution in [0, 0.1) is 5.92 Å². The van der Waals surface area contributed by atoms with Crippen LogP contribution in [0.25, 0.3) is 0 Å². The van der Waals surface area contributed by atoms with E-state index in [0.717, 1.165) is 18.2 Å². The molecule has 5 nitrogen and oxygen atoms in total. The highest BCUT2D eigenvalue weighted by atomic mass is 32.2. The third-order valence-electron chi connectivity index (χ3n) is 3.54. The average Bonchev–Trinajstić information content (AvgIpc) is 2.34. The Bertz CT molecular complexity index is 666. The number of alkyl halides is 3. The predicted molar refractivity (Wildman–Crippen MR) is 71.2 cm³/mol. The first-order chi connectivity index (χ1) is 10.1. The molecule has 2 rings (SSSR count). The molecule has 1 aliphatic carbocycles. The first kappa shape index (κ1) is 16.6. The molecule has 1 aromatic rings. The molecule has 1 fully saturated rings. The van der Waals surface area contributed by atoms with Crippen molar-refractivity contribution in [2.45, 2.75) is 30.0 Å². The second-order valence-electron chi connectivity index (χ2n) is 5.29. The number of hydrogen-bond acceptors (Lipinski definition) is 3. The van der Waals surface area contributed by atoms with Gasteiger partial charge in [-0.25, -0.2) is 13.2 Å². The molecule has 1 amide bonds. The molecule has 1 saturated carbocycles. The molecule has 0 radical (unpaired) electrons. The van der Waals surface area contributed by atoms with Crippen molar-refractivity contribution in [3.63, 3.8) is 0 Å². The lowest BCUT2D eigenvalue weighted by molar-refractivity contribution is -0.137. The number of carbonyl (C=O) groups is 1. The summed E-state index contributed by atoms with van der Waals surface area (Å²) in [4.78, 5) is 10.0. The summed E-state index contributed by atoms with van der Waals surface area (Å²) in [6.45, 7) is 0. The van der Waals surface area contributed by atoms with E-state index in [9.17, 15) is 26.4 Å². The van der Waals surface area contributed by atoms with Gasteiger partial charge in [0.2, 0.25) is 0 Å². The Morgan fingerprint density at radius 1 is 1.32 bits per heavy atom. The topological polar surface area (TPSA) is 83.5 Å². The summed E-state index contributed by atoms with van der Waals surface area (Å²) in [6, 6.07) is 3.34. The van der Waals surface area contributed by atoms with E-state index in [1.807, 2.05) is 0 Å². The van der Waals surface area contributed by atoms with Gasteiger partial charge in [-0.1, -0.05) is 6.07 Å². The number of carboxylic acid groups (broad SMARTS) is 1. The van der Waals surface area contributed by atoms with Crippen molar-refractivity contribution in [2.24, 2.45) is 5.92 Å². The Kier molecular flexibility index (Phi) is 4.37. The van der Waals surface area contributed by atoms with Gasteiger partial charge in [0.05, 0.1) is 16.2 Å². The van der Waals surface area contributed by atoms with Crippen LogP contribution in [0.1, 0.15) is 18.4 Å². The molecule has 0 atom stereocenters. The van der Waals surface area contributed by atoms with Crippen LogP contribution >= 0.6 is 0 Å². The Hall–Kier alpha value is -1.77. The highest BCUT2D eigenvalue weighted by molar-refractivity contribution is 7.91. The van der Waals surface area contributed by atoms with Crippen LogP contribution in [-0.2, 0) is 16.0 Å². The Labute approximate surface area is 125 Å². The predicted octanol–water partition coefficient (Wildman–Crippen LogP) is 2.53. The zero-order valence-corrected chi connectivity index (χ0v) is 12.1. The standard InChI is InChI=1S/C13H14F3NO4S/c14-13(15,16)9-2-1-3-11(6-9)22(20,21)7-8-4-10(5-8)17-12(18)19/h1-3,6,8,10,17H,4-5,7H2,(H,18,19)/t8-,10-. The molecule has 0 unspecified atom stereocenters. The molecule has 0 aliphatic heterocycles. The quantitative estimate of drug-likeness (QED) is 0.884.